The molecule has 1 aliphatic rings. The SMILES string of the molecule is CC(NS(=O)(=O)c1ccc(Cl)cc1)C(=O)N1CCC(F)(C(=O)O)C1. The van der Waals surface area contributed by atoms with Crippen molar-refractivity contribution in [2.75, 3.05) is 13.1 Å². The number of benzene rings is 1. The first kappa shape index (κ1) is 18.6. The van der Waals surface area contributed by atoms with Crippen LogP contribution in [0.5, 0.6) is 0 Å². The summed E-state index contributed by atoms with van der Waals surface area (Å²) in [5, 5.41) is 9.20. The summed E-state index contributed by atoms with van der Waals surface area (Å²) < 4.78 is 40.6. The van der Waals surface area contributed by atoms with Crippen LogP contribution in [0.4, 0.5) is 4.39 Å². The van der Waals surface area contributed by atoms with Gasteiger partial charge in [0.15, 0.2) is 0 Å². The van der Waals surface area contributed by atoms with Gasteiger partial charge in [-0.1, -0.05) is 11.6 Å². The van der Waals surface area contributed by atoms with Crippen molar-refractivity contribution >= 4 is 33.5 Å². The van der Waals surface area contributed by atoms with E-state index in [1.165, 1.54) is 31.2 Å². The maximum atomic E-state index is 14.0. The van der Waals surface area contributed by atoms with Gasteiger partial charge in [-0.05, 0) is 31.2 Å². The molecule has 1 aromatic carbocycles. The molecule has 132 valence electrons. The van der Waals surface area contributed by atoms with Crippen molar-refractivity contribution < 1.29 is 27.5 Å². The standard InChI is InChI=1S/C14H16ClFN2O5S/c1-9(12(19)18-7-6-14(16,8-18)13(20)21)17-24(22,23)11-4-2-10(15)3-5-11/h2-5,9,17H,6-8H2,1H3,(H,20,21). The predicted octanol–water partition coefficient (Wildman–Crippen LogP) is 1.03. The number of carbonyl (C=O) groups excluding carboxylic acids is 1. The normalized spacial score (nSPS) is 22.4. The van der Waals surface area contributed by atoms with Gasteiger partial charge in [-0.15, -0.1) is 0 Å². The number of rotatable bonds is 5. The van der Waals surface area contributed by atoms with Crippen LogP contribution < -0.4 is 4.72 Å². The van der Waals surface area contributed by atoms with E-state index in [4.69, 9.17) is 16.7 Å². The van der Waals surface area contributed by atoms with Crippen molar-refractivity contribution in [2.45, 2.75) is 30.0 Å². The number of carbonyl (C=O) groups is 2. The minimum Gasteiger partial charge on any atom is -0.479 e. The number of nitrogens with one attached hydrogen (secondary N) is 1. The Hall–Kier alpha value is -1.71. The second kappa shape index (κ2) is 6.66. The Morgan fingerprint density at radius 2 is 1.96 bits per heavy atom. The van der Waals surface area contributed by atoms with Crippen molar-refractivity contribution in [1.29, 1.82) is 0 Å². The third-order valence-corrected chi connectivity index (χ3v) is 5.55. The third-order valence-electron chi connectivity index (χ3n) is 3.74. The number of carboxylic acids is 1. The number of nitrogens with zero attached hydrogens (tertiary/aromatic N) is 1. The number of carboxylic acid groups (broad SMARTS) is 1. The van der Waals surface area contributed by atoms with Gasteiger partial charge in [-0.3, -0.25) is 4.79 Å². The first-order valence-corrected chi connectivity index (χ1v) is 8.90. The second-order valence-corrected chi connectivity index (χ2v) is 7.73. The van der Waals surface area contributed by atoms with Crippen LogP contribution in [0.3, 0.4) is 0 Å². The van der Waals surface area contributed by atoms with Gasteiger partial charge in [0.05, 0.1) is 17.5 Å². The summed E-state index contributed by atoms with van der Waals surface area (Å²) in [4.78, 5) is 24.0. The summed E-state index contributed by atoms with van der Waals surface area (Å²) >= 11 is 5.70. The largest absolute Gasteiger partial charge is 0.479 e. The lowest BCUT2D eigenvalue weighted by molar-refractivity contribution is -0.150. The van der Waals surface area contributed by atoms with Crippen LogP contribution >= 0.6 is 11.6 Å². The van der Waals surface area contributed by atoms with E-state index in [0.29, 0.717) is 5.02 Å². The lowest BCUT2D eigenvalue weighted by atomic mass is 10.1. The first-order chi connectivity index (χ1) is 11.0. The topological polar surface area (TPSA) is 104 Å². The molecule has 0 aromatic heterocycles. The molecule has 0 aliphatic carbocycles. The fourth-order valence-electron chi connectivity index (χ4n) is 2.37. The number of hydrogen-bond donors (Lipinski definition) is 2. The average molecular weight is 379 g/mol. The zero-order valence-electron chi connectivity index (χ0n) is 12.7. The van der Waals surface area contributed by atoms with Crippen LogP contribution in [0.1, 0.15) is 13.3 Å². The molecule has 1 heterocycles. The van der Waals surface area contributed by atoms with Crippen molar-refractivity contribution in [3.8, 4) is 0 Å². The number of alkyl halides is 1. The third kappa shape index (κ3) is 3.85. The minimum atomic E-state index is -3.96. The number of halogens is 2. The molecule has 24 heavy (non-hydrogen) atoms. The monoisotopic (exact) mass is 378 g/mol. The Balaban J connectivity index is 2.07. The van der Waals surface area contributed by atoms with Crippen LogP contribution in [0.15, 0.2) is 29.2 Å². The molecule has 1 saturated heterocycles. The molecule has 10 heteroatoms. The summed E-state index contributed by atoms with van der Waals surface area (Å²) in [6.45, 7) is 0.623. The van der Waals surface area contributed by atoms with Crippen molar-refractivity contribution in [3.63, 3.8) is 0 Å². The molecule has 1 fully saturated rings. The number of hydrogen-bond acceptors (Lipinski definition) is 4. The van der Waals surface area contributed by atoms with Gasteiger partial charge in [0.25, 0.3) is 0 Å². The molecule has 2 rings (SSSR count). The van der Waals surface area contributed by atoms with Crippen LogP contribution in [-0.2, 0) is 19.6 Å². The molecule has 1 aromatic rings. The number of aliphatic carboxylic acids is 1. The quantitative estimate of drug-likeness (QED) is 0.796. The Labute approximate surface area is 143 Å². The van der Waals surface area contributed by atoms with E-state index in [1.54, 1.807) is 0 Å². The second-order valence-electron chi connectivity index (χ2n) is 5.58. The van der Waals surface area contributed by atoms with E-state index in [-0.39, 0.29) is 17.9 Å². The van der Waals surface area contributed by atoms with E-state index in [0.717, 1.165) is 4.90 Å². The zero-order valence-corrected chi connectivity index (χ0v) is 14.3. The van der Waals surface area contributed by atoms with Crippen LogP contribution in [0.2, 0.25) is 5.02 Å². The Morgan fingerprint density at radius 1 is 1.38 bits per heavy atom. The molecule has 0 saturated carbocycles. The van der Waals surface area contributed by atoms with Gasteiger partial charge in [0.2, 0.25) is 21.6 Å². The summed E-state index contributed by atoms with van der Waals surface area (Å²) in [6, 6.07) is 4.20. The number of amides is 1. The van der Waals surface area contributed by atoms with E-state index < -0.39 is 40.2 Å². The van der Waals surface area contributed by atoms with E-state index in [1.807, 2.05) is 0 Å². The summed E-state index contributed by atoms with van der Waals surface area (Å²) in [5.41, 5.74) is -2.50. The number of sulfonamides is 1. The Bertz CT molecular complexity index is 755. The molecule has 1 aliphatic heterocycles. The fourth-order valence-corrected chi connectivity index (χ4v) is 3.70. The highest BCUT2D eigenvalue weighted by Gasteiger charge is 2.47. The van der Waals surface area contributed by atoms with Crippen LogP contribution in [0, 0.1) is 0 Å². The molecule has 2 unspecified atom stereocenters. The highest BCUT2D eigenvalue weighted by atomic mass is 35.5. The average Bonchev–Trinajstić information content (AvgIpc) is 2.90. The highest BCUT2D eigenvalue weighted by Crippen LogP contribution is 2.26. The van der Waals surface area contributed by atoms with Crippen LogP contribution in [0.25, 0.3) is 0 Å². The van der Waals surface area contributed by atoms with Gasteiger partial charge >= 0.3 is 5.97 Å². The van der Waals surface area contributed by atoms with E-state index in [9.17, 15) is 22.4 Å². The van der Waals surface area contributed by atoms with Crippen molar-refractivity contribution in [1.82, 2.24) is 9.62 Å². The molecule has 1 amide bonds. The van der Waals surface area contributed by atoms with Crippen molar-refractivity contribution in [3.05, 3.63) is 29.3 Å². The maximum Gasteiger partial charge on any atom is 0.343 e. The molecule has 2 atom stereocenters. The zero-order chi connectivity index (χ0) is 18.1. The van der Waals surface area contributed by atoms with Crippen LogP contribution in [-0.4, -0.2) is 55.1 Å². The Morgan fingerprint density at radius 3 is 2.46 bits per heavy atom. The first-order valence-electron chi connectivity index (χ1n) is 7.04. The molecule has 2 N–H and O–H groups in total. The lowest BCUT2D eigenvalue weighted by Gasteiger charge is -2.22. The molecule has 0 bridgehead atoms. The Kier molecular flexibility index (Phi) is 5.17. The molecular weight excluding hydrogens is 363 g/mol. The lowest BCUT2D eigenvalue weighted by Crippen LogP contribution is -2.47. The van der Waals surface area contributed by atoms with Gasteiger partial charge < -0.3 is 10.0 Å². The number of likely N-dealkylation sites (tertiary alicyclic amines) is 1. The highest BCUT2D eigenvalue weighted by molar-refractivity contribution is 7.89. The summed E-state index contributed by atoms with van der Waals surface area (Å²) in [7, 11) is -3.96. The van der Waals surface area contributed by atoms with Gasteiger partial charge in [0.1, 0.15) is 0 Å². The fraction of sp³-hybridized carbons (Fsp3) is 0.429. The van der Waals surface area contributed by atoms with Gasteiger partial charge in [-0.2, -0.15) is 4.72 Å². The maximum absolute atomic E-state index is 14.0. The van der Waals surface area contributed by atoms with E-state index in [2.05, 4.69) is 4.72 Å². The molecule has 0 spiro atoms. The van der Waals surface area contributed by atoms with Gasteiger partial charge in [-0.25, -0.2) is 17.6 Å². The predicted molar refractivity (Wildman–Crippen MR) is 83.9 cm³/mol. The van der Waals surface area contributed by atoms with E-state index >= 15 is 0 Å². The van der Waals surface area contributed by atoms with Crippen molar-refractivity contribution in [2.24, 2.45) is 0 Å². The molecule has 7 nitrogen and oxygen atoms in total. The minimum absolute atomic E-state index is 0.0710. The molecule has 0 radical (unpaired) electrons. The van der Waals surface area contributed by atoms with Gasteiger partial charge in [0, 0.05) is 18.0 Å². The molecular formula is C14H16ClFN2O5S. The summed E-state index contributed by atoms with van der Waals surface area (Å²) in [5.74, 6) is -2.32. The summed E-state index contributed by atoms with van der Waals surface area (Å²) in [6.07, 6.45) is -0.329. The smallest absolute Gasteiger partial charge is 0.343 e.